The van der Waals surface area contributed by atoms with E-state index in [1.807, 2.05) is 0 Å². The van der Waals surface area contributed by atoms with Crippen molar-refractivity contribution < 1.29 is 0 Å². The van der Waals surface area contributed by atoms with Crippen molar-refractivity contribution in [3.63, 3.8) is 0 Å². The smallest absolute Gasteiger partial charge is 0.0227 e. The van der Waals surface area contributed by atoms with Gasteiger partial charge in [0.1, 0.15) is 0 Å². The van der Waals surface area contributed by atoms with Gasteiger partial charge in [-0.2, -0.15) is 0 Å². The fourth-order valence-electron chi connectivity index (χ4n) is 7.34. The molecule has 0 heteroatoms. The summed E-state index contributed by atoms with van der Waals surface area (Å²) in [6.07, 6.45) is 17.0. The van der Waals surface area contributed by atoms with Crippen LogP contribution in [0.15, 0.2) is 24.3 Å². The molecular weight excluding hydrogens is 841 g/mol. The lowest BCUT2D eigenvalue weighted by Gasteiger charge is -2.34. The zero-order valence-corrected chi connectivity index (χ0v) is 50.6. The summed E-state index contributed by atoms with van der Waals surface area (Å²) in [6.45, 7) is 73.3. The number of hydrogen-bond acceptors (Lipinski definition) is 0. The van der Waals surface area contributed by atoms with E-state index in [0.29, 0.717) is 48.7 Å². The second-order valence-corrected chi connectivity index (χ2v) is 30.7. The topological polar surface area (TPSA) is 0 Å². The van der Waals surface area contributed by atoms with Gasteiger partial charge in [-0.3, -0.25) is 0 Å². The van der Waals surface area contributed by atoms with Gasteiger partial charge in [-0.1, -0.05) is 329 Å². The summed E-state index contributed by atoms with van der Waals surface area (Å²) in [4.78, 5) is 0. The minimum Gasteiger partial charge on any atom is -0.0776 e. The maximum Gasteiger partial charge on any atom is -0.0227 e. The average molecular weight is 998 g/mol. The molecule has 0 nitrogen and oxygen atoms in total. The van der Waals surface area contributed by atoms with E-state index in [1.165, 1.54) is 88.2 Å². The van der Waals surface area contributed by atoms with E-state index in [0.717, 1.165) is 23.7 Å². The van der Waals surface area contributed by atoms with Crippen LogP contribution in [0, 0.1) is 79.3 Å². The Balaban J connectivity index is -0.0000000638. The second kappa shape index (κ2) is 40.5. The molecule has 436 valence electrons. The highest BCUT2D eigenvalue weighted by molar-refractivity contribution is 5.26. The van der Waals surface area contributed by atoms with Gasteiger partial charge in [0.25, 0.3) is 0 Å². The Labute approximate surface area is 456 Å². The highest BCUT2D eigenvalue weighted by Gasteiger charge is 2.28. The average Bonchev–Trinajstić information content (AvgIpc) is 3.60. The third-order valence-corrected chi connectivity index (χ3v) is 14.5. The molecule has 0 saturated heterocycles. The van der Waals surface area contributed by atoms with E-state index in [-0.39, 0.29) is 52.0 Å². The molecule has 0 bridgehead atoms. The molecule has 0 N–H and O–H groups in total. The van der Waals surface area contributed by atoms with Gasteiger partial charge in [0.15, 0.2) is 0 Å². The van der Waals surface area contributed by atoms with Gasteiger partial charge in [0.2, 0.25) is 0 Å². The van der Waals surface area contributed by atoms with E-state index >= 15 is 0 Å². The number of rotatable bonds is 2. The van der Waals surface area contributed by atoms with Gasteiger partial charge in [-0.25, -0.2) is 0 Å². The summed E-state index contributed by atoms with van der Waals surface area (Å²) in [6, 6.07) is 8.62. The predicted molar refractivity (Wildman–Crippen MR) is 345 cm³/mol. The molecule has 1 atom stereocenters. The van der Waals surface area contributed by atoms with Crippen LogP contribution in [-0.2, 0) is 6.42 Å². The van der Waals surface area contributed by atoms with Crippen LogP contribution in [0.25, 0.3) is 0 Å². The third-order valence-electron chi connectivity index (χ3n) is 14.5. The minimum absolute atomic E-state index is 0. The van der Waals surface area contributed by atoms with Gasteiger partial charge >= 0.3 is 0 Å². The highest BCUT2D eigenvalue weighted by atomic mass is 14.3. The number of aryl methyl sites for hydroxylation is 1. The van der Waals surface area contributed by atoms with E-state index in [4.69, 9.17) is 0 Å². The van der Waals surface area contributed by atoms with Crippen molar-refractivity contribution in [2.75, 3.05) is 0 Å². The molecule has 1 aromatic rings. The maximum atomic E-state index is 2.38. The van der Waals surface area contributed by atoms with E-state index < -0.39 is 0 Å². The first-order valence-electron chi connectivity index (χ1n) is 26.6. The largest absolute Gasteiger partial charge is 0.0776 e. The Bertz CT molecular complexity index is 1190. The van der Waals surface area contributed by atoms with Crippen molar-refractivity contribution in [2.45, 2.75) is 351 Å². The fourth-order valence-corrected chi connectivity index (χ4v) is 7.34. The number of hydrogen-bond donors (Lipinski definition) is 0. The summed E-state index contributed by atoms with van der Waals surface area (Å²) in [5.41, 5.74) is 7.28. The van der Waals surface area contributed by atoms with Crippen LogP contribution < -0.4 is 0 Å². The molecule has 2 aliphatic rings. The summed E-state index contributed by atoms with van der Waals surface area (Å²) >= 11 is 0. The van der Waals surface area contributed by atoms with Gasteiger partial charge in [0.05, 0.1) is 0 Å². The molecule has 1 unspecified atom stereocenters. The SMILES string of the molecule is C.C.C.C.C.C.C.CC(C)(C)C(C)(C)C.CC(C)(C)C1CCCC1.CC(C)(C)C1CCCCC1.CC(C)(C)CC(C)(C)C.CC(C)C(C)(C)C.CCC(C)C(C)(C)C.Cc1ccccc1CC(C)(C)C. The zero-order chi connectivity index (χ0) is 51.3. The Morgan fingerprint density at radius 2 is 0.686 bits per heavy atom. The molecule has 1 aromatic carbocycles. The van der Waals surface area contributed by atoms with Crippen LogP contribution in [0.1, 0.15) is 348 Å². The Hall–Kier alpha value is -0.780. The minimum atomic E-state index is 0. The van der Waals surface area contributed by atoms with Gasteiger partial charge in [0, 0.05) is 0 Å². The fraction of sp³-hybridized carbons (Fsp3) is 0.914. The quantitative estimate of drug-likeness (QED) is 0.277. The molecule has 0 amide bonds. The van der Waals surface area contributed by atoms with Crippen LogP contribution in [0.5, 0.6) is 0 Å². The Morgan fingerprint density at radius 1 is 0.414 bits per heavy atom. The summed E-state index contributed by atoms with van der Waals surface area (Å²) in [5, 5.41) is 0. The van der Waals surface area contributed by atoms with Crippen LogP contribution in [0.2, 0.25) is 0 Å². The van der Waals surface area contributed by atoms with Crippen LogP contribution in [-0.4, -0.2) is 0 Å². The standard InChI is InChI=1S/C12H18.C10H20.C9H18.C9H20.2C8H18.C7H16.7CH4/c1-10-7-5-6-8-11(10)9-12(2,3)4;1-10(2,3)9-7-5-4-6-8-9;1-9(2,3)8-6-4-5-7-8;1-8(2,3)7-9(4,5)6;1-7(2,3)8(4,5)6;1-6-7(2)8(3,4)5;1-6(2)7(3,4)5;;;;;;;/h5-8H,9H2,1-4H3;9H,4-8H2,1-3H3;8H,4-7H2,1-3H3;7H2,1-6H3;1-6H3;7H,6H2,1-5H3;6H,1-5H3;7*1H4. The van der Waals surface area contributed by atoms with Crippen LogP contribution in [0.4, 0.5) is 0 Å². The molecule has 0 spiro atoms. The monoisotopic (exact) mass is 997 g/mol. The van der Waals surface area contributed by atoms with Crippen LogP contribution in [0.3, 0.4) is 0 Å². The van der Waals surface area contributed by atoms with Crippen molar-refractivity contribution in [3.8, 4) is 0 Å². The Morgan fingerprint density at radius 3 is 0.829 bits per heavy atom. The molecular formula is C70H156. The first-order valence-corrected chi connectivity index (χ1v) is 26.6. The molecule has 2 saturated carbocycles. The molecule has 0 aromatic heterocycles. The first-order chi connectivity index (χ1) is 27.6. The number of benzene rings is 1. The molecule has 0 aliphatic heterocycles. The molecule has 0 radical (unpaired) electrons. The second-order valence-electron chi connectivity index (χ2n) is 30.7. The van der Waals surface area contributed by atoms with Crippen molar-refractivity contribution in [1.82, 2.24) is 0 Å². The highest BCUT2D eigenvalue weighted by Crippen LogP contribution is 2.40. The summed E-state index contributed by atoms with van der Waals surface area (Å²) < 4.78 is 0. The third kappa shape index (κ3) is 58.1. The molecule has 2 aliphatic carbocycles. The normalized spacial score (nSPS) is 14.8. The lowest BCUT2D eigenvalue weighted by atomic mass is 9.71. The molecule has 70 heavy (non-hydrogen) atoms. The zero-order valence-electron chi connectivity index (χ0n) is 50.6. The Kier molecular flexibility index (Phi) is 55.0. The van der Waals surface area contributed by atoms with Gasteiger partial charge in [-0.05, 0) is 129 Å². The molecule has 2 fully saturated rings. The van der Waals surface area contributed by atoms with Crippen LogP contribution >= 0.6 is 0 Å². The van der Waals surface area contributed by atoms with Crippen molar-refractivity contribution >= 4 is 0 Å². The first kappa shape index (κ1) is 95.0. The van der Waals surface area contributed by atoms with E-state index in [2.05, 4.69) is 246 Å². The van der Waals surface area contributed by atoms with E-state index in [9.17, 15) is 0 Å². The van der Waals surface area contributed by atoms with Gasteiger partial charge < -0.3 is 0 Å². The lowest BCUT2D eigenvalue weighted by Crippen LogP contribution is -2.25. The van der Waals surface area contributed by atoms with Gasteiger partial charge in [-0.15, -0.1) is 0 Å². The van der Waals surface area contributed by atoms with Crippen molar-refractivity contribution in [1.29, 1.82) is 0 Å². The van der Waals surface area contributed by atoms with E-state index in [1.54, 1.807) is 0 Å². The van der Waals surface area contributed by atoms with Crippen molar-refractivity contribution in [3.05, 3.63) is 35.4 Å². The van der Waals surface area contributed by atoms with Crippen molar-refractivity contribution in [2.24, 2.45) is 72.4 Å². The molecule has 0 heterocycles. The predicted octanol–water partition coefficient (Wildman–Crippen LogP) is 27.2. The lowest BCUT2D eigenvalue weighted by molar-refractivity contribution is 0.157. The molecule has 3 rings (SSSR count). The maximum absolute atomic E-state index is 2.38. The summed E-state index contributed by atoms with van der Waals surface area (Å²) in [7, 11) is 0. The summed E-state index contributed by atoms with van der Waals surface area (Å²) in [5.74, 6) is 3.66.